The van der Waals surface area contributed by atoms with Crippen molar-refractivity contribution in [2.45, 2.75) is 122 Å². The number of para-hydroxylation sites is 3. The summed E-state index contributed by atoms with van der Waals surface area (Å²) in [6, 6.07) is 14.4. The fraction of sp³-hybridized carbons (Fsp3) is 0.260. The molecule has 2 aliphatic carbocycles. The molecule has 5 nitrogen and oxygen atoms in total. The van der Waals surface area contributed by atoms with E-state index in [0.717, 1.165) is 38.6 Å². The normalized spacial score (nSPS) is 26.0. The fourth-order valence-corrected chi connectivity index (χ4v) is 10.5. The van der Waals surface area contributed by atoms with Crippen LogP contribution in [0.3, 0.4) is 0 Å². The van der Waals surface area contributed by atoms with Crippen molar-refractivity contribution in [2.75, 3.05) is 0 Å². The molecule has 0 fully saturated rings. The van der Waals surface area contributed by atoms with Gasteiger partial charge in [0, 0.05) is 61.4 Å². The van der Waals surface area contributed by atoms with Crippen LogP contribution in [0, 0.1) is 6.33 Å². The van der Waals surface area contributed by atoms with E-state index in [4.69, 9.17) is 38.5 Å². The Morgan fingerprint density at radius 1 is 0.577 bits per heavy atom. The van der Waals surface area contributed by atoms with E-state index in [1.165, 1.54) is 47.0 Å². The van der Waals surface area contributed by atoms with Gasteiger partial charge in [-0.05, 0) is 168 Å². The molecule has 0 atom stereocenters. The lowest BCUT2D eigenvalue weighted by atomic mass is 9.63. The molecule has 0 radical (unpaired) electrons. The highest BCUT2D eigenvalue weighted by atomic mass is 16.5. The van der Waals surface area contributed by atoms with Crippen molar-refractivity contribution in [1.29, 1.82) is 0 Å². The molecule has 0 N–H and O–H groups in total. The zero-order valence-electron chi connectivity index (χ0n) is 81.0. The van der Waals surface area contributed by atoms with Crippen molar-refractivity contribution in [2.24, 2.45) is 0 Å². The minimum Gasteiger partial charge on any atom is -0.458 e. The van der Waals surface area contributed by atoms with E-state index in [0.29, 0.717) is 11.3 Å². The van der Waals surface area contributed by atoms with Crippen molar-refractivity contribution in [3.8, 4) is 62.1 Å². The Morgan fingerprint density at radius 3 is 1.92 bits per heavy atom. The number of rotatable bonds is 8. The number of hydrogen-bond acceptors (Lipinski definition) is 2. The maximum absolute atomic E-state index is 10.6. The summed E-state index contributed by atoms with van der Waals surface area (Å²) in [6.45, 7) is -28.7. The topological polar surface area (TPSA) is 35.9 Å². The summed E-state index contributed by atoms with van der Waals surface area (Å²) in [6.07, 6.45) is -6.92. The SMILES string of the molecule is [2H]c1c([2H])c([2H])c(-c2cc(-c3c([2H])c([2H])c4c(c3[2H])C(C([2H])([2H])[2H])(C([2H])([2H])[2H])CC4(C([2H])([2H])[2H])C([2H])([2H])[2H])c(-[n+]3[c-]n(-c4cccc(Oc5ccc6c7ccccc7n(-c7cc(C(C)(C)C)ccn7)c6c5)c4)c4ccccc43)c(-c3c([2H])c([2H])c4c(c3[2H])C(C([2H])([2H])[2H])(C([2H])([2H])[2H])C([2H])([2H])C([2H])([2H])C4(C([2H])([2H])[2H])C([2H])([2H])[2H])c2)c([2H])c1[2H]. The summed E-state index contributed by atoms with van der Waals surface area (Å²) in [4.78, 5) is 4.78. The number of nitrogens with zero attached hydrogens (tertiary/aromatic N) is 4. The molecule has 0 saturated heterocycles. The second-order valence-electron chi connectivity index (χ2n) is 20.7. The molecule has 3 heterocycles. The number of fused-ring (bicyclic) bond motifs is 6. The molecule has 0 bridgehead atoms. The number of benzene rings is 8. The summed E-state index contributed by atoms with van der Waals surface area (Å²) in [5.41, 5.74) is -29.6. The molecule has 11 aromatic rings. The maximum Gasteiger partial charge on any atom is 0.269 e. The van der Waals surface area contributed by atoms with E-state index in [9.17, 15) is 24.7 Å². The highest BCUT2D eigenvalue weighted by molar-refractivity contribution is 6.09. The van der Waals surface area contributed by atoms with Crippen LogP contribution < -0.4 is 9.30 Å². The van der Waals surface area contributed by atoms with Crippen LogP contribution in [-0.4, -0.2) is 14.1 Å². The molecule has 0 aliphatic heterocycles. The Bertz CT molecular complexity index is 5910. The van der Waals surface area contributed by atoms with Crippen LogP contribution in [0.2, 0.25) is 0 Å². The van der Waals surface area contributed by atoms with Crippen LogP contribution in [0.4, 0.5) is 0 Å². The summed E-state index contributed by atoms with van der Waals surface area (Å²) in [5, 5.41) is 1.69. The standard InChI is InChI=1S/C73H70N4O/c1-69(2,3)51-34-37-74-67(42-51)77-63-25-16-15-24-55(63)56-31-30-54(44-66(56)77)78-53-23-19-22-52(43-53)75-46-76(65-27-18-17-26-64(65)75)68-57(48-28-32-59-61(40-48)71(6,7)36-35-70(59,4)5)38-50(47-20-13-12-14-21-47)39-58(68)49-29-33-60-62(41-49)73(10,11)45-72(60,8)9/h12-34,37-44H,35-36,45H2,1-11H3/i4D3,5D3,6D3,7D3,8D3,9D3,10D3,11D3,12D,13D,14D,20D,21D,28D,29D,32D,33D,35D2,36D2,40D,41D. The van der Waals surface area contributed by atoms with Crippen LogP contribution in [0.5, 0.6) is 11.5 Å². The van der Waals surface area contributed by atoms with E-state index >= 15 is 0 Å². The number of pyridine rings is 1. The lowest BCUT2D eigenvalue weighted by molar-refractivity contribution is -0.571. The molecule has 0 amide bonds. The zero-order valence-corrected chi connectivity index (χ0v) is 42.0. The minimum atomic E-state index is -4.93. The van der Waals surface area contributed by atoms with Crippen molar-refractivity contribution < 1.29 is 62.8 Å². The van der Waals surface area contributed by atoms with Crippen molar-refractivity contribution >= 4 is 32.8 Å². The molecular formula is C73H70N4O. The van der Waals surface area contributed by atoms with Gasteiger partial charge in [-0.25, -0.2) is 4.98 Å². The minimum absolute atomic E-state index is 0.0108. The van der Waals surface area contributed by atoms with Crippen LogP contribution in [-0.2, 0) is 27.1 Å². The van der Waals surface area contributed by atoms with Gasteiger partial charge in [0.15, 0.2) is 0 Å². The average Bonchev–Trinajstić information content (AvgIpc) is 1.39. The second kappa shape index (κ2) is 17.8. The predicted molar refractivity (Wildman–Crippen MR) is 323 cm³/mol. The first-order valence-electron chi connectivity index (χ1n) is 44.2. The van der Waals surface area contributed by atoms with Gasteiger partial charge in [0.05, 0.1) is 48.5 Å². The largest absolute Gasteiger partial charge is 0.458 e. The quantitative estimate of drug-likeness (QED) is 0.112. The Hall–Kier alpha value is -8.02. The van der Waals surface area contributed by atoms with Gasteiger partial charge in [0.2, 0.25) is 0 Å². The van der Waals surface area contributed by atoms with Crippen LogP contribution >= 0.6 is 0 Å². The van der Waals surface area contributed by atoms with Gasteiger partial charge in [0.1, 0.15) is 17.3 Å². The highest BCUT2D eigenvalue weighted by Gasteiger charge is 2.42. The third kappa shape index (κ3) is 8.27. The molecule has 8 aromatic carbocycles. The Labute approximate surface area is 515 Å². The summed E-state index contributed by atoms with van der Waals surface area (Å²) in [7, 11) is 0. The van der Waals surface area contributed by atoms with Crippen molar-refractivity contribution in [3.63, 3.8) is 0 Å². The molecule has 388 valence electrons. The third-order valence-electron chi connectivity index (χ3n) is 14.2. The maximum atomic E-state index is 10.6. The van der Waals surface area contributed by atoms with Gasteiger partial charge in [0.25, 0.3) is 6.33 Å². The van der Waals surface area contributed by atoms with Crippen LogP contribution in [0.15, 0.2) is 188 Å². The van der Waals surface area contributed by atoms with E-state index in [1.807, 2.05) is 47.0 Å². The highest BCUT2D eigenvalue weighted by Crippen LogP contribution is 2.52. The van der Waals surface area contributed by atoms with Crippen molar-refractivity contribution in [3.05, 3.63) is 222 Å². The Morgan fingerprint density at radius 2 is 1.21 bits per heavy atom. The van der Waals surface area contributed by atoms with Gasteiger partial charge >= 0.3 is 0 Å². The number of ether oxygens (including phenoxy) is 1. The van der Waals surface area contributed by atoms with E-state index in [1.54, 1.807) is 24.4 Å². The number of aromatic nitrogens is 4. The lowest BCUT2D eigenvalue weighted by Gasteiger charge is -2.42. The Balaban J connectivity index is 1.24. The summed E-state index contributed by atoms with van der Waals surface area (Å²) >= 11 is 0. The molecule has 0 spiro atoms. The first kappa shape index (κ1) is 22.8. The molecule has 3 aromatic heterocycles. The predicted octanol–water partition coefficient (Wildman–Crippen LogP) is 18.6. The summed E-state index contributed by atoms with van der Waals surface area (Å²) in [5.74, 6) is 0.967. The Kier molecular flexibility index (Phi) is 5.18. The molecular weight excluding hydrogens is 949 g/mol. The van der Waals surface area contributed by atoms with Crippen molar-refractivity contribution in [1.82, 2.24) is 14.1 Å². The van der Waals surface area contributed by atoms with Gasteiger partial charge in [-0.15, -0.1) is 0 Å². The third-order valence-corrected chi connectivity index (χ3v) is 14.2. The zero-order chi connectivity index (χ0) is 87.3. The fourth-order valence-electron chi connectivity index (χ4n) is 10.5. The molecule has 0 unspecified atom stereocenters. The molecule has 78 heavy (non-hydrogen) atoms. The summed E-state index contributed by atoms with van der Waals surface area (Å²) < 4.78 is 375. The van der Waals surface area contributed by atoms with Gasteiger partial charge in [-0.1, -0.05) is 191 Å². The average molecular weight is 1060 g/mol. The molecule has 13 rings (SSSR count). The number of imidazole rings is 1. The van der Waals surface area contributed by atoms with Gasteiger partial charge < -0.3 is 4.74 Å². The van der Waals surface area contributed by atoms with E-state index in [-0.39, 0.29) is 33.6 Å². The van der Waals surface area contributed by atoms with E-state index in [2.05, 4.69) is 27.1 Å². The van der Waals surface area contributed by atoms with Crippen LogP contribution in [0.25, 0.3) is 83.4 Å². The monoisotopic (exact) mass is 1060 g/mol. The molecule has 2 aliphatic rings. The first-order valence-corrected chi connectivity index (χ1v) is 24.7. The number of hydrogen-bond donors (Lipinski definition) is 0. The lowest BCUT2D eigenvalue weighted by Crippen LogP contribution is -2.34. The second-order valence-corrected chi connectivity index (χ2v) is 20.7. The van der Waals surface area contributed by atoms with Crippen LogP contribution in [0.1, 0.15) is 176 Å². The molecule has 5 heteroatoms. The first-order chi connectivity index (χ1) is 53.4. The molecule has 0 saturated carbocycles. The van der Waals surface area contributed by atoms with E-state index < -0.39 is 223 Å². The van der Waals surface area contributed by atoms with Gasteiger partial charge in [-0.3, -0.25) is 13.7 Å². The van der Waals surface area contributed by atoms with Gasteiger partial charge in [-0.2, -0.15) is 0 Å². The smallest absolute Gasteiger partial charge is 0.269 e.